The van der Waals surface area contributed by atoms with Crippen LogP contribution < -0.4 is 0 Å². The molecular formula is C21H17N3O2. The minimum atomic E-state index is -0.305. The number of hydrogen-bond acceptors (Lipinski definition) is 3. The molecule has 4 rings (SSSR count). The minimum Gasteiger partial charge on any atom is -0.351 e. The molecule has 0 aliphatic carbocycles. The Labute approximate surface area is 151 Å². The van der Waals surface area contributed by atoms with Crippen molar-refractivity contribution < 1.29 is 9.59 Å². The number of aromatic nitrogens is 2. The molecule has 0 radical (unpaired) electrons. The summed E-state index contributed by atoms with van der Waals surface area (Å²) in [4.78, 5) is 31.5. The second-order valence-electron chi connectivity index (χ2n) is 6.17. The van der Waals surface area contributed by atoms with Crippen LogP contribution in [0.5, 0.6) is 0 Å². The maximum atomic E-state index is 13.1. The third-order valence-corrected chi connectivity index (χ3v) is 4.49. The van der Waals surface area contributed by atoms with Gasteiger partial charge in [-0.1, -0.05) is 24.3 Å². The number of carbonyl (C=O) groups is 2. The van der Waals surface area contributed by atoms with E-state index in [-0.39, 0.29) is 18.4 Å². The smallest absolute Gasteiger partial charge is 0.261 e. The van der Waals surface area contributed by atoms with Crippen molar-refractivity contribution in [3.63, 3.8) is 0 Å². The second kappa shape index (κ2) is 6.44. The summed E-state index contributed by atoms with van der Waals surface area (Å²) in [6.45, 7) is 0.150. The molecular weight excluding hydrogens is 326 g/mol. The van der Waals surface area contributed by atoms with Gasteiger partial charge in [0, 0.05) is 36.3 Å². The number of pyridine rings is 1. The molecule has 3 aromatic rings. The second-order valence-corrected chi connectivity index (χ2v) is 6.17. The van der Waals surface area contributed by atoms with E-state index in [1.54, 1.807) is 18.3 Å². The van der Waals surface area contributed by atoms with Crippen LogP contribution in [0.4, 0.5) is 0 Å². The standard InChI is InChI=1S/C21H17N3O2/c1-23-12-6-8-16(23)13-19-17-9-2-3-10-18(17)20(25)24(21(19)26)14-15-7-4-5-11-22-15/h2-13H,14H2,1H3. The van der Waals surface area contributed by atoms with Crippen LogP contribution in [-0.2, 0) is 18.4 Å². The van der Waals surface area contributed by atoms with Crippen LogP contribution in [0.2, 0.25) is 0 Å². The molecule has 0 bridgehead atoms. The van der Waals surface area contributed by atoms with E-state index in [1.165, 1.54) is 4.90 Å². The van der Waals surface area contributed by atoms with Crippen molar-refractivity contribution in [1.82, 2.24) is 14.5 Å². The normalized spacial score (nSPS) is 15.4. The van der Waals surface area contributed by atoms with E-state index in [0.29, 0.717) is 22.4 Å². The van der Waals surface area contributed by atoms with Crippen molar-refractivity contribution >= 4 is 23.5 Å². The van der Waals surface area contributed by atoms with Gasteiger partial charge in [-0.25, -0.2) is 0 Å². The molecule has 3 heterocycles. The van der Waals surface area contributed by atoms with Crippen molar-refractivity contribution in [2.24, 2.45) is 7.05 Å². The molecule has 1 aliphatic rings. The fourth-order valence-electron chi connectivity index (χ4n) is 3.11. The Morgan fingerprint density at radius 3 is 2.38 bits per heavy atom. The predicted molar refractivity (Wildman–Crippen MR) is 98.8 cm³/mol. The molecule has 0 atom stereocenters. The number of rotatable bonds is 3. The molecule has 2 aromatic heterocycles. The molecule has 5 nitrogen and oxygen atoms in total. The fraction of sp³-hybridized carbons (Fsp3) is 0.0952. The zero-order valence-corrected chi connectivity index (χ0v) is 14.3. The molecule has 0 saturated heterocycles. The molecule has 1 aliphatic heterocycles. The summed E-state index contributed by atoms with van der Waals surface area (Å²) in [6, 6.07) is 16.5. The first-order valence-corrected chi connectivity index (χ1v) is 8.33. The zero-order chi connectivity index (χ0) is 18.1. The van der Waals surface area contributed by atoms with Crippen LogP contribution in [0.25, 0.3) is 11.6 Å². The Morgan fingerprint density at radius 2 is 1.69 bits per heavy atom. The third kappa shape index (κ3) is 2.73. The van der Waals surface area contributed by atoms with Crippen molar-refractivity contribution in [1.29, 1.82) is 0 Å². The number of benzene rings is 1. The molecule has 0 unspecified atom stereocenters. The Balaban J connectivity index is 1.82. The molecule has 5 heteroatoms. The van der Waals surface area contributed by atoms with E-state index in [4.69, 9.17) is 0 Å². The molecule has 1 aromatic carbocycles. The summed E-state index contributed by atoms with van der Waals surface area (Å²) < 4.78 is 1.93. The number of carbonyl (C=O) groups excluding carboxylic acids is 2. The zero-order valence-electron chi connectivity index (χ0n) is 14.3. The maximum Gasteiger partial charge on any atom is 0.261 e. The van der Waals surface area contributed by atoms with Crippen LogP contribution >= 0.6 is 0 Å². The van der Waals surface area contributed by atoms with E-state index in [9.17, 15) is 9.59 Å². The van der Waals surface area contributed by atoms with Gasteiger partial charge in [-0.2, -0.15) is 0 Å². The first-order valence-electron chi connectivity index (χ1n) is 8.33. The average molecular weight is 343 g/mol. The monoisotopic (exact) mass is 343 g/mol. The topological polar surface area (TPSA) is 55.2 Å². The van der Waals surface area contributed by atoms with Crippen molar-refractivity contribution in [2.75, 3.05) is 0 Å². The summed E-state index contributed by atoms with van der Waals surface area (Å²) in [5.74, 6) is -0.596. The summed E-state index contributed by atoms with van der Waals surface area (Å²) in [7, 11) is 1.92. The number of fused-ring (bicyclic) bond motifs is 1. The van der Waals surface area contributed by atoms with Gasteiger partial charge in [0.25, 0.3) is 11.8 Å². The van der Waals surface area contributed by atoms with E-state index >= 15 is 0 Å². The Bertz CT molecular complexity index is 1020. The SMILES string of the molecule is Cn1cccc1C=C1C(=O)N(Cc2ccccn2)C(=O)c2ccccc21. The Hall–Kier alpha value is -3.47. The molecule has 0 N–H and O–H groups in total. The van der Waals surface area contributed by atoms with Crippen molar-refractivity contribution in [3.8, 4) is 0 Å². The van der Waals surface area contributed by atoms with Crippen LogP contribution in [-0.4, -0.2) is 26.3 Å². The number of imide groups is 1. The minimum absolute atomic E-state index is 0.150. The summed E-state index contributed by atoms with van der Waals surface area (Å²) in [5, 5.41) is 0. The van der Waals surface area contributed by atoms with Crippen molar-refractivity contribution in [2.45, 2.75) is 6.54 Å². The lowest BCUT2D eigenvalue weighted by Gasteiger charge is -2.28. The van der Waals surface area contributed by atoms with Crippen LogP contribution in [0.3, 0.4) is 0 Å². The molecule has 128 valence electrons. The predicted octanol–water partition coefficient (Wildman–Crippen LogP) is 3.14. The van der Waals surface area contributed by atoms with Gasteiger partial charge < -0.3 is 4.57 Å². The largest absolute Gasteiger partial charge is 0.351 e. The summed E-state index contributed by atoms with van der Waals surface area (Å²) >= 11 is 0. The van der Waals surface area contributed by atoms with E-state index < -0.39 is 0 Å². The highest BCUT2D eigenvalue weighted by atomic mass is 16.2. The fourth-order valence-corrected chi connectivity index (χ4v) is 3.11. The highest BCUT2D eigenvalue weighted by Gasteiger charge is 2.34. The van der Waals surface area contributed by atoms with Gasteiger partial charge in [0.05, 0.1) is 17.8 Å². The Kier molecular flexibility index (Phi) is 3.97. The van der Waals surface area contributed by atoms with Gasteiger partial charge in [-0.05, 0) is 36.4 Å². The van der Waals surface area contributed by atoms with Crippen LogP contribution in [0.1, 0.15) is 27.3 Å². The maximum absolute atomic E-state index is 13.1. The molecule has 0 spiro atoms. The average Bonchev–Trinajstić information content (AvgIpc) is 3.08. The first kappa shape index (κ1) is 16.0. The van der Waals surface area contributed by atoms with Crippen LogP contribution in [0, 0.1) is 0 Å². The van der Waals surface area contributed by atoms with E-state index in [2.05, 4.69) is 4.98 Å². The van der Waals surface area contributed by atoms with E-state index in [1.807, 2.05) is 66.4 Å². The van der Waals surface area contributed by atoms with Gasteiger partial charge in [0.1, 0.15) is 0 Å². The van der Waals surface area contributed by atoms with Gasteiger partial charge >= 0.3 is 0 Å². The summed E-state index contributed by atoms with van der Waals surface area (Å²) in [5.41, 5.74) is 3.28. The molecule has 0 fully saturated rings. The number of hydrogen-bond donors (Lipinski definition) is 0. The molecule has 0 saturated carbocycles. The summed E-state index contributed by atoms with van der Waals surface area (Å²) in [6.07, 6.45) is 5.41. The Morgan fingerprint density at radius 1 is 0.923 bits per heavy atom. The first-order chi connectivity index (χ1) is 12.6. The third-order valence-electron chi connectivity index (χ3n) is 4.49. The number of nitrogens with zero attached hydrogens (tertiary/aromatic N) is 3. The van der Waals surface area contributed by atoms with E-state index in [0.717, 1.165) is 5.69 Å². The highest BCUT2D eigenvalue weighted by molar-refractivity contribution is 6.33. The lowest BCUT2D eigenvalue weighted by molar-refractivity contribution is -0.123. The van der Waals surface area contributed by atoms with Gasteiger partial charge in [-0.3, -0.25) is 19.5 Å². The lowest BCUT2D eigenvalue weighted by atomic mass is 9.92. The van der Waals surface area contributed by atoms with Gasteiger partial charge in [0.2, 0.25) is 0 Å². The molecule has 2 amide bonds. The lowest BCUT2D eigenvalue weighted by Crippen LogP contribution is -2.41. The molecule has 26 heavy (non-hydrogen) atoms. The number of aryl methyl sites for hydroxylation is 1. The quantitative estimate of drug-likeness (QED) is 0.542. The van der Waals surface area contributed by atoms with Crippen LogP contribution in [0.15, 0.2) is 67.0 Å². The van der Waals surface area contributed by atoms with Crippen molar-refractivity contribution in [3.05, 3.63) is 89.5 Å². The highest BCUT2D eigenvalue weighted by Crippen LogP contribution is 2.31. The number of amides is 2. The van der Waals surface area contributed by atoms with Gasteiger partial charge in [0.15, 0.2) is 0 Å². The van der Waals surface area contributed by atoms with Gasteiger partial charge in [-0.15, -0.1) is 0 Å².